The Kier molecular flexibility index (Phi) is 11.0. The minimum absolute atomic E-state index is 0.0808. The summed E-state index contributed by atoms with van der Waals surface area (Å²) in [5, 5.41) is 9.92. The number of hydrogen-bond acceptors (Lipinski definition) is 6. The number of piperazine rings is 1. The highest BCUT2D eigenvalue weighted by Gasteiger charge is 2.37. The fourth-order valence-corrected chi connectivity index (χ4v) is 6.37. The van der Waals surface area contributed by atoms with Crippen LogP contribution in [0.15, 0.2) is 29.0 Å². The second-order valence-electron chi connectivity index (χ2n) is 12.9. The molecule has 9 nitrogen and oxygen atoms in total. The van der Waals surface area contributed by atoms with Gasteiger partial charge in [-0.3, -0.25) is 14.4 Å². The quantitative estimate of drug-likeness (QED) is 0.387. The van der Waals surface area contributed by atoms with Crippen LogP contribution in [0, 0.1) is 17.7 Å². The van der Waals surface area contributed by atoms with Gasteiger partial charge in [0.05, 0.1) is 17.3 Å². The average Bonchev–Trinajstić information content (AvgIpc) is 3.47. The zero-order valence-corrected chi connectivity index (χ0v) is 26.5. The van der Waals surface area contributed by atoms with Crippen molar-refractivity contribution >= 4 is 23.4 Å². The van der Waals surface area contributed by atoms with Gasteiger partial charge in [-0.1, -0.05) is 58.7 Å². The van der Waals surface area contributed by atoms with Crippen LogP contribution in [0.3, 0.4) is 0 Å². The van der Waals surface area contributed by atoms with Crippen LogP contribution in [0.2, 0.25) is 0 Å². The van der Waals surface area contributed by atoms with Crippen LogP contribution in [0.1, 0.15) is 101 Å². The molecular weight excluding hydrogens is 549 g/mol. The molecule has 0 bridgehead atoms. The molecule has 1 saturated heterocycles. The number of nitrogens with one attached hydrogen (secondary N) is 2. The first-order valence-corrected chi connectivity index (χ1v) is 15.8. The molecule has 1 aliphatic heterocycles. The van der Waals surface area contributed by atoms with E-state index >= 15 is 4.39 Å². The van der Waals surface area contributed by atoms with E-state index in [1.807, 2.05) is 27.8 Å². The van der Waals surface area contributed by atoms with E-state index in [9.17, 15) is 14.4 Å². The molecule has 0 spiro atoms. The Morgan fingerprint density at radius 2 is 1.74 bits per heavy atom. The van der Waals surface area contributed by atoms with Crippen LogP contribution in [0.5, 0.6) is 0 Å². The molecule has 3 amide bonds. The Labute approximate surface area is 254 Å². The van der Waals surface area contributed by atoms with Crippen LogP contribution in [-0.2, 0) is 14.4 Å². The number of benzene rings is 1. The molecular formula is C33H48FN5O4. The number of likely N-dealkylation sites (N-methyl/N-ethyl adjacent to an activating group) is 1. The summed E-state index contributed by atoms with van der Waals surface area (Å²) >= 11 is 0. The van der Waals surface area contributed by atoms with Crippen molar-refractivity contribution in [2.75, 3.05) is 38.5 Å². The van der Waals surface area contributed by atoms with Crippen LogP contribution < -0.4 is 10.6 Å². The summed E-state index contributed by atoms with van der Waals surface area (Å²) in [5.41, 5.74) is 2.18. The van der Waals surface area contributed by atoms with Crippen molar-refractivity contribution in [3.8, 4) is 0 Å². The predicted octanol–water partition coefficient (Wildman–Crippen LogP) is 5.26. The van der Waals surface area contributed by atoms with Gasteiger partial charge in [-0.2, -0.15) is 0 Å². The second kappa shape index (κ2) is 14.5. The van der Waals surface area contributed by atoms with E-state index in [-0.39, 0.29) is 41.7 Å². The SMILES string of the molecule is CCC(=O)N[C@@H](C(=O)N1CCN(C)CC1)[C@@H](C)c1ccc(NC(=O)C(c2conc2C(C)C)C2CCC(C)CC2)c(F)c1. The maximum Gasteiger partial charge on any atom is 0.245 e. The van der Waals surface area contributed by atoms with E-state index in [4.69, 9.17) is 4.52 Å². The van der Waals surface area contributed by atoms with Gasteiger partial charge in [-0.05, 0) is 55.3 Å². The highest BCUT2D eigenvalue weighted by molar-refractivity contribution is 5.96. The molecule has 3 atom stereocenters. The van der Waals surface area contributed by atoms with Gasteiger partial charge in [-0.15, -0.1) is 0 Å². The maximum absolute atomic E-state index is 15.6. The third-order valence-corrected chi connectivity index (χ3v) is 9.32. The van der Waals surface area contributed by atoms with Crippen LogP contribution in [-0.4, -0.2) is 71.9 Å². The van der Waals surface area contributed by atoms with E-state index in [0.717, 1.165) is 50.0 Å². The van der Waals surface area contributed by atoms with Gasteiger partial charge in [0.1, 0.15) is 18.1 Å². The largest absolute Gasteiger partial charge is 0.364 e. The molecule has 1 aliphatic carbocycles. The number of anilines is 1. The van der Waals surface area contributed by atoms with Gasteiger partial charge in [0, 0.05) is 44.1 Å². The lowest BCUT2D eigenvalue weighted by Crippen LogP contribution is -2.55. The number of carbonyl (C=O) groups excluding carboxylic acids is 3. The van der Waals surface area contributed by atoms with Crippen LogP contribution in [0.25, 0.3) is 0 Å². The second-order valence-corrected chi connectivity index (χ2v) is 12.9. The Morgan fingerprint density at radius 1 is 1.07 bits per heavy atom. The Hall–Kier alpha value is -3.27. The smallest absolute Gasteiger partial charge is 0.245 e. The monoisotopic (exact) mass is 597 g/mol. The van der Waals surface area contributed by atoms with E-state index in [1.165, 1.54) is 6.07 Å². The molecule has 1 saturated carbocycles. The van der Waals surface area contributed by atoms with E-state index in [2.05, 4.69) is 27.6 Å². The first-order valence-electron chi connectivity index (χ1n) is 15.8. The summed E-state index contributed by atoms with van der Waals surface area (Å²) in [6.45, 7) is 12.5. The average molecular weight is 598 g/mol. The summed E-state index contributed by atoms with van der Waals surface area (Å²) in [7, 11) is 2.01. The number of nitrogens with zero attached hydrogens (tertiary/aromatic N) is 3. The molecule has 4 rings (SSSR count). The number of hydrogen-bond donors (Lipinski definition) is 2. The number of halogens is 1. The molecule has 2 N–H and O–H groups in total. The molecule has 0 radical (unpaired) electrons. The molecule has 2 aromatic rings. The molecule has 2 heterocycles. The summed E-state index contributed by atoms with van der Waals surface area (Å²) < 4.78 is 21.0. The zero-order chi connectivity index (χ0) is 31.3. The minimum atomic E-state index is -0.822. The molecule has 1 unspecified atom stereocenters. The summed E-state index contributed by atoms with van der Waals surface area (Å²) in [6, 6.07) is 3.81. The van der Waals surface area contributed by atoms with Crippen molar-refractivity contribution in [2.24, 2.45) is 11.8 Å². The van der Waals surface area contributed by atoms with E-state index in [0.29, 0.717) is 24.6 Å². The highest BCUT2D eigenvalue weighted by atomic mass is 19.1. The van der Waals surface area contributed by atoms with E-state index in [1.54, 1.807) is 30.2 Å². The third kappa shape index (κ3) is 7.82. The Balaban J connectivity index is 1.55. The predicted molar refractivity (Wildman–Crippen MR) is 164 cm³/mol. The molecule has 2 fully saturated rings. The summed E-state index contributed by atoms with van der Waals surface area (Å²) in [6.07, 6.45) is 5.71. The van der Waals surface area contributed by atoms with Crippen molar-refractivity contribution < 1.29 is 23.3 Å². The maximum atomic E-state index is 15.6. The van der Waals surface area contributed by atoms with Crippen molar-refractivity contribution in [3.63, 3.8) is 0 Å². The first-order chi connectivity index (χ1) is 20.5. The Bertz CT molecular complexity index is 1260. The molecule has 43 heavy (non-hydrogen) atoms. The molecule has 236 valence electrons. The van der Waals surface area contributed by atoms with Gasteiger partial charge in [0.15, 0.2) is 0 Å². The van der Waals surface area contributed by atoms with Gasteiger partial charge in [0.25, 0.3) is 0 Å². The number of rotatable bonds is 10. The third-order valence-electron chi connectivity index (χ3n) is 9.32. The molecule has 10 heteroatoms. The highest BCUT2D eigenvalue weighted by Crippen LogP contribution is 2.41. The summed E-state index contributed by atoms with van der Waals surface area (Å²) in [4.78, 5) is 43.7. The van der Waals surface area contributed by atoms with Gasteiger partial charge in [-0.25, -0.2) is 4.39 Å². The topological polar surface area (TPSA) is 108 Å². The standard InChI is InChI=1S/C33H48FN5O4/c1-7-28(40)36-31(33(42)39-16-14-38(6)15-17-39)22(5)24-12-13-27(26(34)18-24)35-32(41)29(23-10-8-21(4)9-11-23)25-19-43-37-30(25)20(2)3/h12-13,18-23,29,31H,7-11,14-17H2,1-6H3,(H,35,41)(H,36,40)/t21?,22-,23?,29?,31+/m0/s1. The fourth-order valence-electron chi connectivity index (χ4n) is 6.37. The van der Waals surface area contributed by atoms with Crippen molar-refractivity contribution in [1.82, 2.24) is 20.3 Å². The zero-order valence-electron chi connectivity index (χ0n) is 26.5. The molecule has 2 aliphatic rings. The lowest BCUT2D eigenvalue weighted by atomic mass is 9.73. The first kappa shape index (κ1) is 32.6. The van der Waals surface area contributed by atoms with Crippen molar-refractivity contribution in [2.45, 2.75) is 90.5 Å². The minimum Gasteiger partial charge on any atom is -0.364 e. The molecule has 1 aromatic heterocycles. The normalized spacial score (nSPS) is 21.7. The van der Waals surface area contributed by atoms with E-state index < -0.39 is 23.7 Å². The van der Waals surface area contributed by atoms with Crippen LogP contribution >= 0.6 is 0 Å². The van der Waals surface area contributed by atoms with Gasteiger partial charge >= 0.3 is 0 Å². The number of amides is 3. The number of carbonyl (C=O) groups is 3. The lowest BCUT2D eigenvalue weighted by molar-refractivity contribution is -0.138. The van der Waals surface area contributed by atoms with Crippen molar-refractivity contribution in [1.29, 1.82) is 0 Å². The van der Waals surface area contributed by atoms with Crippen molar-refractivity contribution in [3.05, 3.63) is 47.1 Å². The lowest BCUT2D eigenvalue weighted by Gasteiger charge is -2.36. The van der Waals surface area contributed by atoms with Crippen LogP contribution in [0.4, 0.5) is 10.1 Å². The fraction of sp³-hybridized carbons (Fsp3) is 0.636. The van der Waals surface area contributed by atoms with Gasteiger partial charge < -0.3 is 25.0 Å². The summed E-state index contributed by atoms with van der Waals surface area (Å²) in [5.74, 6) is -1.43. The Morgan fingerprint density at radius 3 is 2.35 bits per heavy atom. The van der Waals surface area contributed by atoms with Gasteiger partial charge in [0.2, 0.25) is 17.7 Å². The number of aromatic nitrogens is 1. The molecule has 1 aromatic carbocycles.